The summed E-state index contributed by atoms with van der Waals surface area (Å²) in [7, 11) is -2.07. The molecule has 9 heteroatoms. The van der Waals surface area contributed by atoms with E-state index >= 15 is 0 Å². The number of ether oxygens (including phenoxy) is 1. The number of sulfonamides is 1. The number of piperazine rings is 1. The van der Waals surface area contributed by atoms with Crippen molar-refractivity contribution in [3.05, 3.63) is 65.7 Å². The normalized spacial score (nSPS) is 19.6. The van der Waals surface area contributed by atoms with Crippen LogP contribution in [0.2, 0.25) is 0 Å². The molecule has 1 aliphatic rings. The Morgan fingerprint density at radius 1 is 1.09 bits per heavy atom. The van der Waals surface area contributed by atoms with Crippen LogP contribution < -0.4 is 10.1 Å². The van der Waals surface area contributed by atoms with Crippen molar-refractivity contribution in [1.82, 2.24) is 14.5 Å². The molecule has 2 amide bonds. The summed E-state index contributed by atoms with van der Waals surface area (Å²) in [4.78, 5) is 27.9. The third-order valence-electron chi connectivity index (χ3n) is 5.74. The molecule has 0 unspecified atom stereocenters. The summed E-state index contributed by atoms with van der Waals surface area (Å²) in [6, 6.07) is 16.6. The number of carbonyl (C=O) groups is 2. The van der Waals surface area contributed by atoms with Gasteiger partial charge in [-0.3, -0.25) is 9.59 Å². The number of rotatable bonds is 8. The van der Waals surface area contributed by atoms with E-state index in [2.05, 4.69) is 5.32 Å². The first-order valence-corrected chi connectivity index (χ1v) is 12.0. The van der Waals surface area contributed by atoms with E-state index in [4.69, 9.17) is 4.74 Å². The average molecular weight is 460 g/mol. The van der Waals surface area contributed by atoms with E-state index in [9.17, 15) is 18.0 Å². The van der Waals surface area contributed by atoms with Crippen LogP contribution >= 0.6 is 0 Å². The SMILES string of the molecule is CCS(=O)(=O)N1CC(=O)N(Cc2ccc(OC)cc2)[C@@](C)(C(=O)NCc2ccccc2)C1. The Kier molecular flexibility index (Phi) is 7.20. The molecule has 3 rings (SSSR count). The van der Waals surface area contributed by atoms with Crippen molar-refractivity contribution < 1.29 is 22.7 Å². The minimum atomic E-state index is -3.64. The lowest BCUT2D eigenvalue weighted by molar-refractivity contribution is -0.153. The van der Waals surface area contributed by atoms with Crippen molar-refractivity contribution in [3.63, 3.8) is 0 Å². The Morgan fingerprint density at radius 2 is 1.75 bits per heavy atom. The van der Waals surface area contributed by atoms with E-state index in [-0.39, 0.29) is 31.9 Å². The molecule has 0 saturated carbocycles. The molecule has 172 valence electrons. The Labute approximate surface area is 189 Å². The molecule has 0 spiro atoms. The molecule has 0 aromatic heterocycles. The number of amides is 2. The molecular formula is C23H29N3O5S. The van der Waals surface area contributed by atoms with Crippen LogP contribution in [0.15, 0.2) is 54.6 Å². The lowest BCUT2D eigenvalue weighted by Crippen LogP contribution is -2.69. The zero-order chi connectivity index (χ0) is 23.4. The van der Waals surface area contributed by atoms with E-state index in [1.807, 2.05) is 42.5 Å². The van der Waals surface area contributed by atoms with Gasteiger partial charge in [-0.1, -0.05) is 42.5 Å². The maximum Gasteiger partial charge on any atom is 0.247 e. The number of carbonyl (C=O) groups excluding carboxylic acids is 2. The first-order chi connectivity index (χ1) is 15.2. The molecular weight excluding hydrogens is 430 g/mol. The zero-order valence-electron chi connectivity index (χ0n) is 18.6. The second kappa shape index (κ2) is 9.70. The second-order valence-corrected chi connectivity index (χ2v) is 10.2. The van der Waals surface area contributed by atoms with E-state index in [0.29, 0.717) is 5.75 Å². The molecule has 2 aromatic rings. The van der Waals surface area contributed by atoms with Crippen molar-refractivity contribution in [2.45, 2.75) is 32.5 Å². The van der Waals surface area contributed by atoms with Crippen molar-refractivity contribution in [2.75, 3.05) is 26.0 Å². The van der Waals surface area contributed by atoms with Gasteiger partial charge in [-0.05, 0) is 37.1 Å². The lowest BCUT2D eigenvalue weighted by atomic mass is 9.94. The predicted octanol–water partition coefficient (Wildman–Crippen LogP) is 1.76. The zero-order valence-corrected chi connectivity index (χ0v) is 19.4. The number of hydrogen-bond acceptors (Lipinski definition) is 5. The van der Waals surface area contributed by atoms with Crippen LogP contribution in [0.1, 0.15) is 25.0 Å². The molecule has 32 heavy (non-hydrogen) atoms. The van der Waals surface area contributed by atoms with Gasteiger partial charge in [-0.25, -0.2) is 8.42 Å². The summed E-state index contributed by atoms with van der Waals surface area (Å²) < 4.78 is 31.4. The molecule has 2 aromatic carbocycles. The van der Waals surface area contributed by atoms with Crippen LogP contribution in [0.25, 0.3) is 0 Å². The smallest absolute Gasteiger partial charge is 0.247 e. The summed E-state index contributed by atoms with van der Waals surface area (Å²) in [6.45, 7) is 3.21. The monoisotopic (exact) mass is 459 g/mol. The lowest BCUT2D eigenvalue weighted by Gasteiger charge is -2.46. The van der Waals surface area contributed by atoms with Crippen molar-refractivity contribution in [3.8, 4) is 5.75 Å². The molecule has 1 N–H and O–H groups in total. The fourth-order valence-electron chi connectivity index (χ4n) is 3.71. The van der Waals surface area contributed by atoms with Gasteiger partial charge in [0.1, 0.15) is 11.3 Å². The summed E-state index contributed by atoms with van der Waals surface area (Å²) in [5.74, 6) is -0.275. The standard InChI is InChI=1S/C23H29N3O5S/c1-4-32(29,30)25-16-21(27)26(15-19-10-12-20(31-3)13-11-19)23(2,17-25)22(28)24-14-18-8-6-5-7-9-18/h5-13H,4,14-17H2,1-3H3,(H,24,28)/t23-/m1/s1. The molecule has 1 heterocycles. The number of hydrogen-bond donors (Lipinski definition) is 1. The number of nitrogens with one attached hydrogen (secondary N) is 1. The largest absolute Gasteiger partial charge is 0.497 e. The highest BCUT2D eigenvalue weighted by atomic mass is 32.2. The number of nitrogens with zero attached hydrogens (tertiary/aromatic N) is 2. The fourth-order valence-corrected chi connectivity index (χ4v) is 4.83. The Bertz CT molecular complexity index is 1060. The minimum Gasteiger partial charge on any atom is -0.497 e. The maximum atomic E-state index is 13.4. The minimum absolute atomic E-state index is 0.105. The Balaban J connectivity index is 1.89. The summed E-state index contributed by atoms with van der Waals surface area (Å²) in [5, 5.41) is 2.88. The maximum absolute atomic E-state index is 13.4. The van der Waals surface area contributed by atoms with Gasteiger partial charge in [0.25, 0.3) is 0 Å². The number of benzene rings is 2. The predicted molar refractivity (Wildman–Crippen MR) is 121 cm³/mol. The van der Waals surface area contributed by atoms with Gasteiger partial charge in [0.15, 0.2) is 0 Å². The van der Waals surface area contributed by atoms with Crippen LogP contribution in [0.4, 0.5) is 0 Å². The van der Waals surface area contributed by atoms with E-state index < -0.39 is 27.4 Å². The quantitative estimate of drug-likeness (QED) is 0.649. The van der Waals surface area contributed by atoms with Crippen LogP contribution in [0.3, 0.4) is 0 Å². The van der Waals surface area contributed by atoms with Gasteiger partial charge >= 0.3 is 0 Å². The fraction of sp³-hybridized carbons (Fsp3) is 0.391. The highest BCUT2D eigenvalue weighted by Crippen LogP contribution is 2.28. The average Bonchev–Trinajstić information content (AvgIpc) is 2.80. The molecule has 0 aliphatic carbocycles. The summed E-state index contributed by atoms with van der Waals surface area (Å²) in [6.07, 6.45) is 0. The molecule has 1 atom stereocenters. The van der Waals surface area contributed by atoms with E-state index in [1.165, 1.54) is 11.8 Å². The molecule has 0 radical (unpaired) electrons. The highest BCUT2D eigenvalue weighted by molar-refractivity contribution is 7.89. The van der Waals surface area contributed by atoms with Gasteiger partial charge < -0.3 is 15.0 Å². The van der Waals surface area contributed by atoms with Gasteiger partial charge in [0.05, 0.1) is 19.4 Å². The first kappa shape index (κ1) is 23.7. The van der Waals surface area contributed by atoms with Crippen LogP contribution in [0.5, 0.6) is 5.75 Å². The Hall–Kier alpha value is -2.91. The van der Waals surface area contributed by atoms with E-state index in [1.54, 1.807) is 26.2 Å². The van der Waals surface area contributed by atoms with Gasteiger partial charge in [0, 0.05) is 19.6 Å². The van der Waals surface area contributed by atoms with Gasteiger partial charge in [-0.15, -0.1) is 0 Å². The second-order valence-electron chi connectivity index (χ2n) is 7.94. The van der Waals surface area contributed by atoms with Crippen molar-refractivity contribution in [1.29, 1.82) is 0 Å². The first-order valence-electron chi connectivity index (χ1n) is 10.4. The molecule has 8 nitrogen and oxygen atoms in total. The van der Waals surface area contributed by atoms with Crippen LogP contribution in [-0.2, 0) is 32.7 Å². The summed E-state index contributed by atoms with van der Waals surface area (Å²) in [5.41, 5.74) is 0.353. The van der Waals surface area contributed by atoms with Crippen molar-refractivity contribution in [2.24, 2.45) is 0 Å². The Morgan fingerprint density at radius 3 is 2.34 bits per heavy atom. The van der Waals surface area contributed by atoms with Crippen LogP contribution in [-0.4, -0.2) is 60.9 Å². The highest BCUT2D eigenvalue weighted by Gasteiger charge is 2.49. The molecule has 0 bridgehead atoms. The number of methoxy groups -OCH3 is 1. The van der Waals surface area contributed by atoms with Crippen molar-refractivity contribution >= 4 is 21.8 Å². The topological polar surface area (TPSA) is 96.0 Å². The molecule has 1 fully saturated rings. The summed E-state index contributed by atoms with van der Waals surface area (Å²) >= 11 is 0. The third kappa shape index (κ3) is 5.11. The van der Waals surface area contributed by atoms with Gasteiger partial charge in [-0.2, -0.15) is 4.31 Å². The van der Waals surface area contributed by atoms with E-state index in [0.717, 1.165) is 15.4 Å². The third-order valence-corrected chi connectivity index (χ3v) is 7.51. The van der Waals surface area contributed by atoms with Gasteiger partial charge in [0.2, 0.25) is 21.8 Å². The van der Waals surface area contributed by atoms with Crippen LogP contribution in [0, 0.1) is 0 Å². The molecule has 1 aliphatic heterocycles. The molecule has 1 saturated heterocycles.